The van der Waals surface area contributed by atoms with Crippen molar-refractivity contribution in [2.24, 2.45) is 0 Å². The molecule has 7 heteroatoms. The van der Waals surface area contributed by atoms with Crippen LogP contribution in [0, 0.1) is 13.8 Å². The number of nitrogens with zero attached hydrogens (tertiary/aromatic N) is 3. The Labute approximate surface area is 184 Å². The van der Waals surface area contributed by atoms with Gasteiger partial charge in [0, 0.05) is 10.6 Å². The molecule has 4 rings (SSSR count). The molecule has 4 aromatic rings. The molecule has 0 atom stereocenters. The lowest BCUT2D eigenvalue weighted by molar-refractivity contribution is 0.101. The smallest absolute Gasteiger partial charge is 0.295 e. The molecule has 5 nitrogen and oxygen atoms in total. The van der Waals surface area contributed by atoms with Gasteiger partial charge in [0.1, 0.15) is 0 Å². The van der Waals surface area contributed by atoms with Crippen LogP contribution < -0.4 is 5.32 Å². The minimum Gasteiger partial charge on any atom is -0.318 e. The summed E-state index contributed by atoms with van der Waals surface area (Å²) in [5, 5.41) is 8.29. The molecule has 0 spiro atoms. The highest BCUT2D eigenvalue weighted by Gasteiger charge is 2.20. The number of aryl methyl sites for hydroxylation is 2. The van der Waals surface area contributed by atoms with Gasteiger partial charge in [0.15, 0.2) is 5.82 Å². The first-order chi connectivity index (χ1) is 14.4. The van der Waals surface area contributed by atoms with Crippen LogP contribution in [0.15, 0.2) is 66.7 Å². The van der Waals surface area contributed by atoms with Gasteiger partial charge >= 0.3 is 0 Å². The quantitative estimate of drug-likeness (QED) is 0.419. The van der Waals surface area contributed by atoms with Crippen molar-refractivity contribution in [2.75, 3.05) is 5.32 Å². The van der Waals surface area contributed by atoms with E-state index in [0.29, 0.717) is 21.6 Å². The molecule has 30 heavy (non-hydrogen) atoms. The van der Waals surface area contributed by atoms with E-state index in [2.05, 4.69) is 15.4 Å². The average Bonchev–Trinajstić information content (AvgIpc) is 3.17. The van der Waals surface area contributed by atoms with Gasteiger partial charge in [-0.3, -0.25) is 4.79 Å². The monoisotopic (exact) mass is 436 g/mol. The van der Waals surface area contributed by atoms with Gasteiger partial charge in [0.05, 0.1) is 16.4 Å². The molecule has 0 aliphatic rings. The molecule has 1 amide bonds. The number of nitrogens with one attached hydrogen (secondary N) is 1. The molecule has 0 aliphatic heterocycles. The van der Waals surface area contributed by atoms with Crippen molar-refractivity contribution in [1.29, 1.82) is 0 Å². The summed E-state index contributed by atoms with van der Waals surface area (Å²) in [4.78, 5) is 17.4. The number of benzene rings is 3. The second kappa shape index (κ2) is 8.30. The van der Waals surface area contributed by atoms with Crippen molar-refractivity contribution in [3.63, 3.8) is 0 Å². The first-order valence-electron chi connectivity index (χ1n) is 9.29. The van der Waals surface area contributed by atoms with Crippen LogP contribution in [0.25, 0.3) is 17.1 Å². The molecule has 0 aliphatic carbocycles. The molecular weight excluding hydrogens is 419 g/mol. The third-order valence-corrected chi connectivity index (χ3v) is 5.17. The summed E-state index contributed by atoms with van der Waals surface area (Å²) in [6.07, 6.45) is 0. The third-order valence-electron chi connectivity index (χ3n) is 4.61. The average molecular weight is 437 g/mol. The zero-order valence-corrected chi connectivity index (χ0v) is 17.9. The van der Waals surface area contributed by atoms with Crippen LogP contribution in [0.5, 0.6) is 0 Å². The molecule has 0 fully saturated rings. The van der Waals surface area contributed by atoms with Gasteiger partial charge in [0.25, 0.3) is 5.91 Å². The third kappa shape index (κ3) is 4.08. The maximum atomic E-state index is 12.9. The Balaban J connectivity index is 1.83. The van der Waals surface area contributed by atoms with Crippen molar-refractivity contribution in [3.8, 4) is 17.1 Å². The molecule has 150 valence electrons. The van der Waals surface area contributed by atoms with Crippen molar-refractivity contribution in [2.45, 2.75) is 13.8 Å². The predicted octanol–water partition coefficient (Wildman–Crippen LogP) is 6.11. The van der Waals surface area contributed by atoms with E-state index >= 15 is 0 Å². The van der Waals surface area contributed by atoms with E-state index in [0.717, 1.165) is 22.4 Å². The maximum absolute atomic E-state index is 12.9. The number of para-hydroxylation sites is 1. The lowest BCUT2D eigenvalue weighted by Crippen LogP contribution is -2.14. The van der Waals surface area contributed by atoms with Crippen LogP contribution in [0.2, 0.25) is 10.0 Å². The summed E-state index contributed by atoms with van der Waals surface area (Å²) in [5.41, 5.74) is 4.13. The Bertz CT molecular complexity index is 1250. The van der Waals surface area contributed by atoms with Gasteiger partial charge < -0.3 is 5.32 Å². The van der Waals surface area contributed by atoms with E-state index in [1.54, 1.807) is 35.0 Å². The fraction of sp³-hybridized carbons (Fsp3) is 0.0870. The minimum absolute atomic E-state index is 0.0331. The fourth-order valence-corrected chi connectivity index (χ4v) is 3.45. The summed E-state index contributed by atoms with van der Waals surface area (Å²) in [6, 6.07) is 20.4. The standard InChI is InChI=1S/C23H18Cl2N4O/c1-14-6-5-7-16(12-14)22-27-21(23(30)26-19-9-4-3-8-18(19)25)28-29(22)20-13-17(24)11-10-15(20)2/h3-13H,1-2H3,(H,26,30). The Hall–Kier alpha value is -3.15. The van der Waals surface area contributed by atoms with Crippen molar-refractivity contribution in [1.82, 2.24) is 14.8 Å². The number of halogens is 2. The summed E-state index contributed by atoms with van der Waals surface area (Å²) in [6.45, 7) is 3.96. The molecule has 3 aromatic carbocycles. The van der Waals surface area contributed by atoms with Gasteiger partial charge in [0.2, 0.25) is 5.82 Å². The molecule has 0 unspecified atom stereocenters. The van der Waals surface area contributed by atoms with Gasteiger partial charge in [-0.2, -0.15) is 0 Å². The van der Waals surface area contributed by atoms with Gasteiger partial charge in [-0.1, -0.05) is 65.2 Å². The SMILES string of the molecule is Cc1cccc(-c2nc(C(=O)Nc3ccccc3Cl)nn2-c2cc(Cl)ccc2C)c1. The number of amides is 1. The van der Waals surface area contributed by atoms with E-state index in [9.17, 15) is 4.79 Å². The number of anilines is 1. The number of carbonyl (C=O) groups is 1. The van der Waals surface area contributed by atoms with Crippen LogP contribution in [0.1, 0.15) is 21.7 Å². The predicted molar refractivity (Wildman–Crippen MR) is 121 cm³/mol. The number of rotatable bonds is 4. The first-order valence-corrected chi connectivity index (χ1v) is 10.0. The first kappa shape index (κ1) is 20.1. The van der Waals surface area contributed by atoms with Crippen molar-refractivity contribution < 1.29 is 4.79 Å². The molecule has 0 saturated carbocycles. The second-order valence-corrected chi connectivity index (χ2v) is 7.75. The topological polar surface area (TPSA) is 59.8 Å². The molecule has 1 heterocycles. The summed E-state index contributed by atoms with van der Waals surface area (Å²) >= 11 is 12.4. The van der Waals surface area contributed by atoms with E-state index in [4.69, 9.17) is 23.2 Å². The normalized spacial score (nSPS) is 10.8. The molecule has 0 saturated heterocycles. The zero-order valence-electron chi connectivity index (χ0n) is 16.4. The zero-order chi connectivity index (χ0) is 21.3. The highest BCUT2D eigenvalue weighted by Crippen LogP contribution is 2.27. The van der Waals surface area contributed by atoms with E-state index in [1.807, 2.05) is 50.2 Å². The van der Waals surface area contributed by atoms with Crippen LogP contribution in [-0.4, -0.2) is 20.7 Å². The summed E-state index contributed by atoms with van der Waals surface area (Å²) in [5.74, 6) is 0.134. The molecule has 0 radical (unpaired) electrons. The van der Waals surface area contributed by atoms with Crippen molar-refractivity contribution >= 4 is 34.8 Å². The van der Waals surface area contributed by atoms with Crippen molar-refractivity contribution in [3.05, 3.63) is 93.7 Å². The fourth-order valence-electron chi connectivity index (χ4n) is 3.10. The van der Waals surface area contributed by atoms with E-state index in [1.165, 1.54) is 0 Å². The Kier molecular flexibility index (Phi) is 5.57. The molecule has 1 aromatic heterocycles. The van der Waals surface area contributed by atoms with Crippen LogP contribution in [0.4, 0.5) is 5.69 Å². The molecule has 0 bridgehead atoms. The second-order valence-electron chi connectivity index (χ2n) is 6.91. The van der Waals surface area contributed by atoms with E-state index in [-0.39, 0.29) is 5.82 Å². The minimum atomic E-state index is -0.449. The number of aromatic nitrogens is 3. The number of hydrogen-bond donors (Lipinski definition) is 1. The van der Waals surface area contributed by atoms with Gasteiger partial charge in [-0.25, -0.2) is 9.67 Å². The van der Waals surface area contributed by atoms with Gasteiger partial charge in [-0.05, 0) is 49.7 Å². The summed E-state index contributed by atoms with van der Waals surface area (Å²) in [7, 11) is 0. The molecular formula is C23H18Cl2N4O. The number of hydrogen-bond acceptors (Lipinski definition) is 3. The highest BCUT2D eigenvalue weighted by molar-refractivity contribution is 6.33. The molecule has 1 N–H and O–H groups in total. The maximum Gasteiger partial charge on any atom is 0.295 e. The van der Waals surface area contributed by atoms with Crippen LogP contribution >= 0.6 is 23.2 Å². The summed E-state index contributed by atoms with van der Waals surface area (Å²) < 4.78 is 1.65. The Morgan fingerprint density at radius 2 is 1.77 bits per heavy atom. The Morgan fingerprint density at radius 1 is 0.967 bits per heavy atom. The van der Waals surface area contributed by atoms with Crippen LogP contribution in [-0.2, 0) is 0 Å². The highest BCUT2D eigenvalue weighted by atomic mass is 35.5. The van der Waals surface area contributed by atoms with Gasteiger partial charge in [-0.15, -0.1) is 5.10 Å². The lowest BCUT2D eigenvalue weighted by Gasteiger charge is -2.10. The largest absolute Gasteiger partial charge is 0.318 e. The van der Waals surface area contributed by atoms with Crippen LogP contribution in [0.3, 0.4) is 0 Å². The lowest BCUT2D eigenvalue weighted by atomic mass is 10.1. The van der Waals surface area contributed by atoms with E-state index < -0.39 is 5.91 Å². The number of carbonyl (C=O) groups excluding carboxylic acids is 1. The Morgan fingerprint density at radius 3 is 2.53 bits per heavy atom.